The number of benzene rings is 1. The highest BCUT2D eigenvalue weighted by Crippen LogP contribution is 2.28. The van der Waals surface area contributed by atoms with E-state index in [0.717, 1.165) is 24.7 Å². The molecule has 0 amide bonds. The van der Waals surface area contributed by atoms with E-state index in [4.69, 9.17) is 0 Å². The molecule has 0 aliphatic carbocycles. The van der Waals surface area contributed by atoms with E-state index in [1.165, 1.54) is 73.9 Å². The second-order valence-electron chi connectivity index (χ2n) is 7.80. The standard InChI is InChI=1S/C23H31N3/c1-3-8-22-20(4-2)21-10-7-9-18(23(21)24-22)17-25-15-11-19(12-16-25)26-13-5-6-14-26/h7,9-10,19,24H,4-6,11-17H2,1-2H3. The van der Waals surface area contributed by atoms with Crippen molar-refractivity contribution in [1.29, 1.82) is 0 Å². The topological polar surface area (TPSA) is 22.3 Å². The minimum Gasteiger partial charge on any atom is -0.348 e. The first-order valence-electron chi connectivity index (χ1n) is 10.3. The monoisotopic (exact) mass is 349 g/mol. The van der Waals surface area contributed by atoms with E-state index >= 15 is 0 Å². The lowest BCUT2D eigenvalue weighted by Gasteiger charge is -2.36. The summed E-state index contributed by atoms with van der Waals surface area (Å²) in [5.74, 6) is 6.32. The molecule has 2 aliphatic rings. The molecule has 26 heavy (non-hydrogen) atoms. The Morgan fingerprint density at radius 1 is 1.12 bits per heavy atom. The summed E-state index contributed by atoms with van der Waals surface area (Å²) in [6, 6.07) is 7.57. The lowest BCUT2D eigenvalue weighted by molar-refractivity contribution is 0.123. The number of H-pyrrole nitrogens is 1. The molecule has 0 spiro atoms. The third kappa shape index (κ3) is 3.41. The van der Waals surface area contributed by atoms with Crippen LogP contribution in [0.4, 0.5) is 0 Å². The van der Waals surface area contributed by atoms with Gasteiger partial charge < -0.3 is 9.88 Å². The molecule has 0 bridgehead atoms. The molecule has 138 valence electrons. The number of hydrogen-bond acceptors (Lipinski definition) is 2. The van der Waals surface area contributed by atoms with Gasteiger partial charge in [0.2, 0.25) is 0 Å². The predicted molar refractivity (Wildman–Crippen MR) is 109 cm³/mol. The van der Waals surface area contributed by atoms with Gasteiger partial charge in [0.05, 0.1) is 11.2 Å². The van der Waals surface area contributed by atoms with Crippen LogP contribution < -0.4 is 0 Å². The van der Waals surface area contributed by atoms with Crippen LogP contribution >= 0.6 is 0 Å². The Bertz CT molecular complexity index is 809. The highest BCUT2D eigenvalue weighted by atomic mass is 15.2. The number of aromatic amines is 1. The zero-order chi connectivity index (χ0) is 17.9. The van der Waals surface area contributed by atoms with Crippen molar-refractivity contribution >= 4 is 10.9 Å². The zero-order valence-corrected chi connectivity index (χ0v) is 16.3. The van der Waals surface area contributed by atoms with E-state index in [-0.39, 0.29) is 0 Å². The SMILES string of the molecule is CC#Cc1[nH]c2c(CN3CCC(N4CCCC4)CC3)cccc2c1CC. The van der Waals surface area contributed by atoms with E-state index in [1.807, 2.05) is 6.92 Å². The smallest absolute Gasteiger partial charge is 0.0936 e. The van der Waals surface area contributed by atoms with Crippen LogP contribution in [0.1, 0.15) is 56.4 Å². The van der Waals surface area contributed by atoms with Gasteiger partial charge in [-0.1, -0.05) is 31.0 Å². The van der Waals surface area contributed by atoms with Crippen molar-refractivity contribution in [1.82, 2.24) is 14.8 Å². The summed E-state index contributed by atoms with van der Waals surface area (Å²) >= 11 is 0. The maximum absolute atomic E-state index is 3.62. The van der Waals surface area contributed by atoms with Gasteiger partial charge in [-0.15, -0.1) is 0 Å². The Hall–Kier alpha value is -1.76. The van der Waals surface area contributed by atoms with Crippen molar-refractivity contribution in [2.24, 2.45) is 0 Å². The number of fused-ring (bicyclic) bond motifs is 1. The van der Waals surface area contributed by atoms with Crippen LogP contribution in [-0.2, 0) is 13.0 Å². The van der Waals surface area contributed by atoms with Crippen molar-refractivity contribution in [3.8, 4) is 11.8 Å². The third-order valence-corrected chi connectivity index (χ3v) is 6.24. The van der Waals surface area contributed by atoms with Crippen LogP contribution in [0, 0.1) is 11.8 Å². The maximum atomic E-state index is 3.62. The van der Waals surface area contributed by atoms with Crippen molar-refractivity contribution in [3.63, 3.8) is 0 Å². The fourth-order valence-corrected chi connectivity index (χ4v) is 4.86. The van der Waals surface area contributed by atoms with Gasteiger partial charge >= 0.3 is 0 Å². The van der Waals surface area contributed by atoms with Crippen molar-refractivity contribution in [2.75, 3.05) is 26.2 Å². The molecule has 0 radical (unpaired) electrons. The highest BCUT2D eigenvalue weighted by Gasteiger charge is 2.26. The first-order valence-corrected chi connectivity index (χ1v) is 10.3. The summed E-state index contributed by atoms with van der Waals surface area (Å²) in [6.45, 7) is 10.3. The zero-order valence-electron chi connectivity index (χ0n) is 16.3. The molecule has 1 N–H and O–H groups in total. The van der Waals surface area contributed by atoms with Crippen LogP contribution in [0.25, 0.3) is 10.9 Å². The van der Waals surface area contributed by atoms with Crippen LogP contribution in [0.5, 0.6) is 0 Å². The molecule has 1 aromatic heterocycles. The molecule has 0 atom stereocenters. The largest absolute Gasteiger partial charge is 0.348 e. The fraction of sp³-hybridized carbons (Fsp3) is 0.565. The Labute approximate surface area is 157 Å². The third-order valence-electron chi connectivity index (χ3n) is 6.24. The maximum Gasteiger partial charge on any atom is 0.0936 e. The Kier molecular flexibility index (Phi) is 5.33. The summed E-state index contributed by atoms with van der Waals surface area (Å²) in [6.07, 6.45) is 6.48. The second kappa shape index (κ2) is 7.86. The molecule has 2 aliphatic heterocycles. The molecule has 0 saturated carbocycles. The molecule has 0 unspecified atom stereocenters. The number of para-hydroxylation sites is 1. The minimum absolute atomic E-state index is 0.827. The van der Waals surface area contributed by atoms with Gasteiger partial charge in [-0.3, -0.25) is 4.90 Å². The van der Waals surface area contributed by atoms with Crippen molar-refractivity contribution in [3.05, 3.63) is 35.0 Å². The Morgan fingerprint density at radius 2 is 1.88 bits per heavy atom. The molecular formula is C23H31N3. The fourth-order valence-electron chi connectivity index (χ4n) is 4.86. The number of hydrogen-bond donors (Lipinski definition) is 1. The van der Waals surface area contributed by atoms with E-state index in [0.29, 0.717) is 0 Å². The second-order valence-corrected chi connectivity index (χ2v) is 7.80. The lowest BCUT2D eigenvalue weighted by Crippen LogP contribution is -2.43. The normalized spacial score (nSPS) is 19.8. The Balaban J connectivity index is 1.50. The quantitative estimate of drug-likeness (QED) is 0.837. The molecule has 3 nitrogen and oxygen atoms in total. The average molecular weight is 350 g/mol. The number of nitrogens with one attached hydrogen (secondary N) is 1. The number of aromatic nitrogens is 1. The molecule has 2 aromatic rings. The minimum atomic E-state index is 0.827. The summed E-state index contributed by atoms with van der Waals surface area (Å²) in [4.78, 5) is 8.99. The van der Waals surface area contributed by atoms with E-state index < -0.39 is 0 Å². The van der Waals surface area contributed by atoms with Gasteiger partial charge in [0.15, 0.2) is 0 Å². The molecule has 1 aromatic carbocycles. The predicted octanol–water partition coefficient (Wildman–Crippen LogP) is 4.16. The van der Waals surface area contributed by atoms with Crippen LogP contribution in [0.15, 0.2) is 18.2 Å². The van der Waals surface area contributed by atoms with E-state index in [9.17, 15) is 0 Å². The Morgan fingerprint density at radius 3 is 2.58 bits per heavy atom. The first kappa shape index (κ1) is 17.6. The van der Waals surface area contributed by atoms with E-state index in [1.54, 1.807) is 0 Å². The van der Waals surface area contributed by atoms with Gasteiger partial charge in [0.25, 0.3) is 0 Å². The molecule has 2 saturated heterocycles. The summed E-state index contributed by atoms with van der Waals surface area (Å²) in [5, 5.41) is 1.36. The summed E-state index contributed by atoms with van der Waals surface area (Å²) < 4.78 is 0. The molecule has 4 rings (SSSR count). The van der Waals surface area contributed by atoms with Crippen molar-refractivity contribution in [2.45, 2.75) is 58.5 Å². The van der Waals surface area contributed by atoms with Crippen molar-refractivity contribution < 1.29 is 0 Å². The van der Waals surface area contributed by atoms with Gasteiger partial charge in [-0.05, 0) is 82.3 Å². The lowest BCUT2D eigenvalue weighted by atomic mass is 10.0. The molecule has 3 heteroatoms. The number of aryl methyl sites for hydroxylation is 1. The summed E-state index contributed by atoms with van der Waals surface area (Å²) in [7, 11) is 0. The van der Waals surface area contributed by atoms with Gasteiger partial charge in [-0.25, -0.2) is 0 Å². The highest BCUT2D eigenvalue weighted by molar-refractivity contribution is 5.88. The number of piperidine rings is 1. The average Bonchev–Trinajstić information content (AvgIpc) is 3.31. The number of rotatable bonds is 4. The van der Waals surface area contributed by atoms with Crippen LogP contribution in [0.2, 0.25) is 0 Å². The first-order chi connectivity index (χ1) is 12.8. The number of nitrogens with zero attached hydrogens (tertiary/aromatic N) is 2. The molecule has 3 heterocycles. The summed E-state index contributed by atoms with van der Waals surface area (Å²) in [5.41, 5.74) is 5.18. The van der Waals surface area contributed by atoms with Crippen LogP contribution in [-0.4, -0.2) is 47.0 Å². The van der Waals surface area contributed by atoms with E-state index in [2.05, 4.69) is 51.7 Å². The van der Waals surface area contributed by atoms with Crippen LogP contribution in [0.3, 0.4) is 0 Å². The molecular weight excluding hydrogens is 318 g/mol. The molecule has 2 fully saturated rings. The number of likely N-dealkylation sites (tertiary alicyclic amines) is 2. The van der Waals surface area contributed by atoms with Gasteiger partial charge in [-0.2, -0.15) is 0 Å². The van der Waals surface area contributed by atoms with Gasteiger partial charge in [0, 0.05) is 18.0 Å². The van der Waals surface area contributed by atoms with Gasteiger partial charge in [0.1, 0.15) is 0 Å².